The first-order valence-electron chi connectivity index (χ1n) is 8.07. The van der Waals surface area contributed by atoms with Crippen LogP contribution in [0, 0.1) is 0 Å². The summed E-state index contributed by atoms with van der Waals surface area (Å²) in [6, 6.07) is 0. The lowest BCUT2D eigenvalue weighted by molar-refractivity contribution is -0.163. The molecule has 120 valence electrons. The Hall–Kier alpha value is -1.10. The number of hydrogen-bond acceptors (Lipinski definition) is 3. The molecule has 2 unspecified atom stereocenters. The standard InChI is InChI=1S/C16H28N2O3/c1-6-16(7-2)14(20)18(15(4,5)13(19)17-16)10-12-9-8-11(3)21-12/h11-12H,6-10H2,1-5H3,(H,17,19). The maximum atomic E-state index is 13.0. The predicted molar refractivity (Wildman–Crippen MR) is 80.8 cm³/mol. The van der Waals surface area contributed by atoms with E-state index in [9.17, 15) is 9.59 Å². The molecule has 2 fully saturated rings. The molecule has 0 saturated carbocycles. The van der Waals surface area contributed by atoms with Crippen molar-refractivity contribution in [3.63, 3.8) is 0 Å². The van der Waals surface area contributed by atoms with Gasteiger partial charge in [0.2, 0.25) is 11.8 Å². The minimum absolute atomic E-state index is 0.0280. The Morgan fingerprint density at radius 1 is 1.24 bits per heavy atom. The number of ether oxygens (including phenoxy) is 1. The van der Waals surface area contributed by atoms with E-state index >= 15 is 0 Å². The number of nitrogens with one attached hydrogen (secondary N) is 1. The van der Waals surface area contributed by atoms with Crippen molar-refractivity contribution >= 4 is 11.8 Å². The quantitative estimate of drug-likeness (QED) is 0.861. The van der Waals surface area contributed by atoms with Crippen molar-refractivity contribution in [3.05, 3.63) is 0 Å². The summed E-state index contributed by atoms with van der Waals surface area (Å²) < 4.78 is 5.85. The molecule has 0 aromatic rings. The van der Waals surface area contributed by atoms with Crippen molar-refractivity contribution in [3.8, 4) is 0 Å². The molecule has 0 spiro atoms. The summed E-state index contributed by atoms with van der Waals surface area (Å²) in [7, 11) is 0. The fourth-order valence-electron chi connectivity index (χ4n) is 3.32. The number of carbonyl (C=O) groups excluding carboxylic acids is 2. The zero-order chi connectivity index (χ0) is 15.8. The molecule has 2 aliphatic heterocycles. The van der Waals surface area contributed by atoms with E-state index in [0.717, 1.165) is 12.8 Å². The van der Waals surface area contributed by atoms with Crippen LogP contribution in [0.1, 0.15) is 60.3 Å². The fraction of sp³-hybridized carbons (Fsp3) is 0.875. The Balaban J connectivity index is 2.25. The molecule has 2 rings (SSSR count). The third kappa shape index (κ3) is 2.68. The van der Waals surface area contributed by atoms with E-state index in [1.165, 1.54) is 0 Å². The zero-order valence-corrected chi connectivity index (χ0v) is 13.9. The van der Waals surface area contributed by atoms with E-state index in [4.69, 9.17) is 4.74 Å². The summed E-state index contributed by atoms with van der Waals surface area (Å²) in [6.07, 6.45) is 3.49. The monoisotopic (exact) mass is 296 g/mol. The fourth-order valence-corrected chi connectivity index (χ4v) is 3.32. The van der Waals surface area contributed by atoms with Crippen LogP contribution < -0.4 is 5.32 Å². The van der Waals surface area contributed by atoms with Gasteiger partial charge in [0.15, 0.2) is 0 Å². The lowest BCUT2D eigenvalue weighted by Gasteiger charge is -2.50. The van der Waals surface area contributed by atoms with Gasteiger partial charge in [0.1, 0.15) is 11.1 Å². The summed E-state index contributed by atoms with van der Waals surface area (Å²) in [6.45, 7) is 10.1. The van der Waals surface area contributed by atoms with Gasteiger partial charge >= 0.3 is 0 Å². The van der Waals surface area contributed by atoms with Gasteiger partial charge in [0.05, 0.1) is 12.2 Å². The smallest absolute Gasteiger partial charge is 0.249 e. The molecule has 1 N–H and O–H groups in total. The average Bonchev–Trinajstić information content (AvgIpc) is 2.85. The van der Waals surface area contributed by atoms with E-state index < -0.39 is 11.1 Å². The highest BCUT2D eigenvalue weighted by Gasteiger charge is 2.53. The lowest BCUT2D eigenvalue weighted by Crippen LogP contribution is -2.74. The molecule has 5 nitrogen and oxygen atoms in total. The first-order chi connectivity index (χ1) is 9.76. The van der Waals surface area contributed by atoms with E-state index in [-0.39, 0.29) is 24.0 Å². The van der Waals surface area contributed by atoms with Gasteiger partial charge in [-0.05, 0) is 46.5 Å². The number of nitrogens with zero attached hydrogens (tertiary/aromatic N) is 1. The van der Waals surface area contributed by atoms with E-state index in [1.54, 1.807) is 4.90 Å². The molecular formula is C16H28N2O3. The van der Waals surface area contributed by atoms with Gasteiger partial charge in [-0.25, -0.2) is 0 Å². The van der Waals surface area contributed by atoms with Gasteiger partial charge < -0.3 is 15.0 Å². The van der Waals surface area contributed by atoms with Gasteiger partial charge in [0, 0.05) is 6.54 Å². The molecule has 21 heavy (non-hydrogen) atoms. The lowest BCUT2D eigenvalue weighted by atomic mass is 9.83. The van der Waals surface area contributed by atoms with Gasteiger partial charge in [-0.3, -0.25) is 9.59 Å². The summed E-state index contributed by atoms with van der Waals surface area (Å²) in [5.74, 6) is -0.0444. The zero-order valence-electron chi connectivity index (χ0n) is 13.9. The average molecular weight is 296 g/mol. The van der Waals surface area contributed by atoms with Crippen molar-refractivity contribution in [2.45, 2.75) is 83.6 Å². The van der Waals surface area contributed by atoms with Crippen molar-refractivity contribution in [2.75, 3.05) is 6.54 Å². The number of rotatable bonds is 4. The second-order valence-electron chi connectivity index (χ2n) is 6.86. The number of hydrogen-bond donors (Lipinski definition) is 1. The Labute approximate surface area is 127 Å². The number of piperazine rings is 1. The first-order valence-corrected chi connectivity index (χ1v) is 8.07. The topological polar surface area (TPSA) is 58.6 Å². The molecule has 0 radical (unpaired) electrons. The van der Waals surface area contributed by atoms with Crippen molar-refractivity contribution < 1.29 is 14.3 Å². The molecule has 0 bridgehead atoms. The van der Waals surface area contributed by atoms with Crippen LogP contribution in [-0.2, 0) is 14.3 Å². The number of amides is 2. The third-order valence-electron chi connectivity index (χ3n) is 5.15. The summed E-state index contributed by atoms with van der Waals surface area (Å²) in [5, 5.41) is 2.96. The van der Waals surface area contributed by atoms with Gasteiger partial charge in [-0.2, -0.15) is 0 Å². The molecule has 0 aromatic heterocycles. The summed E-state index contributed by atoms with van der Waals surface area (Å²) >= 11 is 0. The van der Waals surface area contributed by atoms with Crippen LogP contribution in [0.4, 0.5) is 0 Å². The van der Waals surface area contributed by atoms with E-state index in [1.807, 2.05) is 27.7 Å². The Morgan fingerprint density at radius 3 is 2.33 bits per heavy atom. The normalized spacial score (nSPS) is 31.4. The molecular weight excluding hydrogens is 268 g/mol. The highest BCUT2D eigenvalue weighted by atomic mass is 16.5. The van der Waals surface area contributed by atoms with E-state index in [2.05, 4.69) is 12.2 Å². The number of carbonyl (C=O) groups is 2. The SMILES string of the molecule is CCC1(CC)NC(=O)C(C)(C)N(CC2CCC(C)O2)C1=O. The molecule has 5 heteroatoms. The Kier molecular flexibility index (Phi) is 4.34. The van der Waals surface area contributed by atoms with Crippen LogP contribution in [0.5, 0.6) is 0 Å². The molecule has 2 saturated heterocycles. The summed E-state index contributed by atoms with van der Waals surface area (Å²) in [4.78, 5) is 27.2. The van der Waals surface area contributed by atoms with E-state index in [0.29, 0.717) is 19.4 Å². The van der Waals surface area contributed by atoms with Crippen molar-refractivity contribution in [1.82, 2.24) is 10.2 Å². The minimum atomic E-state index is -0.819. The van der Waals surface area contributed by atoms with Crippen LogP contribution in [0.15, 0.2) is 0 Å². The molecule has 0 aromatic carbocycles. The molecule has 0 aliphatic carbocycles. The molecule has 2 heterocycles. The molecule has 2 aliphatic rings. The van der Waals surface area contributed by atoms with Crippen LogP contribution in [-0.4, -0.2) is 46.5 Å². The molecule has 2 amide bonds. The van der Waals surface area contributed by atoms with Crippen molar-refractivity contribution in [1.29, 1.82) is 0 Å². The van der Waals surface area contributed by atoms with Gasteiger partial charge in [-0.1, -0.05) is 13.8 Å². The summed E-state index contributed by atoms with van der Waals surface area (Å²) in [5.41, 5.74) is -1.57. The van der Waals surface area contributed by atoms with Crippen molar-refractivity contribution in [2.24, 2.45) is 0 Å². The second kappa shape index (κ2) is 5.59. The van der Waals surface area contributed by atoms with Crippen LogP contribution >= 0.6 is 0 Å². The van der Waals surface area contributed by atoms with Gasteiger partial charge in [0.25, 0.3) is 0 Å². The Morgan fingerprint density at radius 2 is 1.86 bits per heavy atom. The Bertz CT molecular complexity index is 429. The minimum Gasteiger partial charge on any atom is -0.373 e. The van der Waals surface area contributed by atoms with Crippen LogP contribution in [0.2, 0.25) is 0 Å². The van der Waals surface area contributed by atoms with Gasteiger partial charge in [-0.15, -0.1) is 0 Å². The predicted octanol–water partition coefficient (Wildman–Crippen LogP) is 1.85. The second-order valence-corrected chi connectivity index (χ2v) is 6.86. The highest BCUT2D eigenvalue weighted by molar-refractivity contribution is 6.01. The first kappa shape index (κ1) is 16.3. The largest absolute Gasteiger partial charge is 0.373 e. The maximum Gasteiger partial charge on any atom is 0.249 e. The molecule has 2 atom stereocenters. The van der Waals surface area contributed by atoms with Crippen LogP contribution in [0.25, 0.3) is 0 Å². The maximum absolute atomic E-state index is 13.0. The third-order valence-corrected chi connectivity index (χ3v) is 5.15. The van der Waals surface area contributed by atoms with Crippen LogP contribution in [0.3, 0.4) is 0 Å². The highest BCUT2D eigenvalue weighted by Crippen LogP contribution is 2.32.